The van der Waals surface area contributed by atoms with Crippen LogP contribution in [0.4, 0.5) is 0 Å². The van der Waals surface area contributed by atoms with Crippen molar-refractivity contribution < 1.29 is 0 Å². The van der Waals surface area contributed by atoms with Gasteiger partial charge in [-0.15, -0.1) is 11.3 Å². The molecule has 0 aliphatic heterocycles. The molecule has 0 N–H and O–H groups in total. The van der Waals surface area contributed by atoms with E-state index in [1.165, 1.54) is 65.0 Å². The Morgan fingerprint density at radius 2 is 0.807 bits per heavy atom. The van der Waals surface area contributed by atoms with Gasteiger partial charge in [0.1, 0.15) is 0 Å². The minimum atomic E-state index is 0.721. The number of hydrogen-bond acceptors (Lipinski definition) is 3. The number of fused-ring (bicyclic) bond motifs is 6. The average molecular weight is 743 g/mol. The Bertz CT molecular complexity index is 3230. The van der Waals surface area contributed by atoms with Gasteiger partial charge in [-0.2, -0.15) is 0 Å². The third-order valence-electron chi connectivity index (χ3n) is 11.0. The molecule has 2 aromatic heterocycles. The van der Waals surface area contributed by atoms with Crippen LogP contribution >= 0.6 is 11.3 Å². The number of benzene rings is 9. The molecule has 3 heteroatoms. The smallest absolute Gasteiger partial charge is 0.160 e. The molecule has 0 bridgehead atoms. The summed E-state index contributed by atoms with van der Waals surface area (Å²) in [5.41, 5.74) is 13.5. The lowest BCUT2D eigenvalue weighted by Gasteiger charge is -2.13. The summed E-state index contributed by atoms with van der Waals surface area (Å²) < 4.78 is 2.33. The highest BCUT2D eigenvalue weighted by Gasteiger charge is 2.20. The lowest BCUT2D eigenvalue weighted by Crippen LogP contribution is -1.95. The molecule has 2 nitrogen and oxygen atoms in total. The van der Waals surface area contributed by atoms with Gasteiger partial charge in [0.15, 0.2) is 5.82 Å². The van der Waals surface area contributed by atoms with E-state index >= 15 is 0 Å². The average Bonchev–Trinajstić information content (AvgIpc) is 3.68. The van der Waals surface area contributed by atoms with Crippen molar-refractivity contribution in [3.63, 3.8) is 0 Å². The lowest BCUT2D eigenvalue weighted by molar-refractivity contribution is 1.24. The summed E-state index contributed by atoms with van der Waals surface area (Å²) in [6.45, 7) is 0. The van der Waals surface area contributed by atoms with Crippen LogP contribution in [0.3, 0.4) is 0 Å². The van der Waals surface area contributed by atoms with Gasteiger partial charge in [-0.25, -0.2) is 9.97 Å². The molecule has 2 heterocycles. The fraction of sp³-hybridized carbons (Fsp3) is 0. The molecule has 11 rings (SSSR count). The first kappa shape index (κ1) is 33.2. The zero-order valence-corrected chi connectivity index (χ0v) is 31.7. The molecule has 0 fully saturated rings. The van der Waals surface area contributed by atoms with E-state index in [1.807, 2.05) is 0 Å². The Labute approximate surface area is 335 Å². The fourth-order valence-electron chi connectivity index (χ4n) is 8.26. The van der Waals surface area contributed by atoms with Crippen molar-refractivity contribution in [2.24, 2.45) is 0 Å². The molecular weight excluding hydrogens is 709 g/mol. The van der Waals surface area contributed by atoms with Gasteiger partial charge in [0, 0.05) is 21.2 Å². The Balaban J connectivity index is 1.07. The largest absolute Gasteiger partial charge is 0.226 e. The summed E-state index contributed by atoms with van der Waals surface area (Å²) in [4.78, 5) is 10.9. The van der Waals surface area contributed by atoms with E-state index in [2.05, 4.69) is 206 Å². The van der Waals surface area contributed by atoms with Crippen LogP contribution in [-0.4, -0.2) is 9.97 Å². The van der Waals surface area contributed by atoms with Crippen LogP contribution in [0.2, 0.25) is 0 Å². The lowest BCUT2D eigenvalue weighted by atomic mass is 9.92. The minimum Gasteiger partial charge on any atom is -0.226 e. The van der Waals surface area contributed by atoms with Crippen LogP contribution in [0.5, 0.6) is 0 Å². The molecule has 0 spiro atoms. The maximum atomic E-state index is 5.44. The third-order valence-corrected chi connectivity index (χ3v) is 12.2. The number of thiophene rings is 1. The molecule has 0 atom stereocenters. The van der Waals surface area contributed by atoms with Crippen LogP contribution in [0, 0.1) is 0 Å². The van der Waals surface area contributed by atoms with E-state index < -0.39 is 0 Å². The highest BCUT2D eigenvalue weighted by atomic mass is 32.1. The molecule has 9 aromatic carbocycles. The zero-order valence-electron chi connectivity index (χ0n) is 30.9. The number of aromatic nitrogens is 2. The van der Waals surface area contributed by atoms with Crippen molar-refractivity contribution in [1.82, 2.24) is 9.97 Å². The van der Waals surface area contributed by atoms with E-state index in [4.69, 9.17) is 9.97 Å². The summed E-state index contributed by atoms with van der Waals surface area (Å²) >= 11 is 1.78. The Morgan fingerprint density at radius 3 is 1.49 bits per heavy atom. The first-order valence-electron chi connectivity index (χ1n) is 19.3. The molecule has 0 unspecified atom stereocenters. The molecule has 0 radical (unpaired) electrons. The summed E-state index contributed by atoms with van der Waals surface area (Å²) in [7, 11) is 0. The summed E-state index contributed by atoms with van der Waals surface area (Å²) in [5.74, 6) is 0.721. The second kappa shape index (κ2) is 13.8. The number of hydrogen-bond donors (Lipinski definition) is 0. The van der Waals surface area contributed by atoms with E-state index in [0.717, 1.165) is 44.0 Å². The second-order valence-electron chi connectivity index (χ2n) is 14.6. The molecule has 0 aliphatic rings. The first-order chi connectivity index (χ1) is 28.2. The molecule has 0 amide bonds. The van der Waals surface area contributed by atoms with Gasteiger partial charge >= 0.3 is 0 Å². The van der Waals surface area contributed by atoms with Gasteiger partial charge in [0.05, 0.1) is 15.9 Å². The van der Waals surface area contributed by atoms with Crippen LogP contribution in [-0.2, 0) is 0 Å². The molecule has 266 valence electrons. The Morgan fingerprint density at radius 1 is 0.333 bits per heavy atom. The summed E-state index contributed by atoms with van der Waals surface area (Å²) in [6.07, 6.45) is 0. The quantitative estimate of drug-likeness (QED) is 0.170. The third kappa shape index (κ3) is 5.97. The summed E-state index contributed by atoms with van der Waals surface area (Å²) in [5, 5.41) is 6.00. The number of nitrogens with zero attached hydrogens (tertiary/aromatic N) is 2. The van der Waals surface area contributed by atoms with Crippen LogP contribution in [0.1, 0.15) is 0 Å². The van der Waals surface area contributed by atoms with Crippen molar-refractivity contribution in [1.29, 1.82) is 0 Å². The van der Waals surface area contributed by atoms with Crippen LogP contribution in [0.25, 0.3) is 109 Å². The van der Waals surface area contributed by atoms with Crippen molar-refractivity contribution >= 4 is 53.2 Å². The molecule has 0 saturated carbocycles. The van der Waals surface area contributed by atoms with Gasteiger partial charge in [-0.3, -0.25) is 0 Å². The fourth-order valence-corrected chi connectivity index (χ4v) is 9.42. The highest BCUT2D eigenvalue weighted by molar-refractivity contribution is 7.26. The standard InChI is InChI=1S/C54H34N2S/c1-3-14-35(15-4-1)43-32-44(36-16-5-2-6-17-36)34-45(33-43)41-23-11-21-39(30-41)40-22-12-24-42(31-40)54-55-51(48-27-13-20-37-18-7-9-25-46(37)48)53-52(56-54)50-47-26-10-8-19-38(47)28-29-49(50)57-53/h1-34H. The molecule has 11 aromatic rings. The van der Waals surface area contributed by atoms with Crippen molar-refractivity contribution in [3.8, 4) is 67.2 Å². The first-order valence-corrected chi connectivity index (χ1v) is 20.1. The van der Waals surface area contributed by atoms with Crippen molar-refractivity contribution in [2.75, 3.05) is 0 Å². The SMILES string of the molecule is c1ccc(-c2cc(-c3ccccc3)cc(-c3cccc(-c4cccc(-c5nc(-c6cccc7ccccc67)c6sc7ccc8ccccc8c7c6n5)c4)c3)c2)cc1. The van der Waals surface area contributed by atoms with Crippen molar-refractivity contribution in [2.45, 2.75) is 0 Å². The minimum absolute atomic E-state index is 0.721. The second-order valence-corrected chi connectivity index (χ2v) is 15.6. The molecular formula is C54H34N2S. The van der Waals surface area contributed by atoms with E-state index in [9.17, 15) is 0 Å². The highest BCUT2D eigenvalue weighted by Crippen LogP contribution is 2.44. The van der Waals surface area contributed by atoms with E-state index in [-0.39, 0.29) is 0 Å². The zero-order chi connectivity index (χ0) is 37.7. The summed E-state index contributed by atoms with van der Waals surface area (Å²) in [6, 6.07) is 74.0. The van der Waals surface area contributed by atoms with Crippen LogP contribution < -0.4 is 0 Å². The van der Waals surface area contributed by atoms with E-state index in [0.29, 0.717) is 0 Å². The molecule has 0 saturated heterocycles. The van der Waals surface area contributed by atoms with Crippen molar-refractivity contribution in [3.05, 3.63) is 206 Å². The monoisotopic (exact) mass is 742 g/mol. The van der Waals surface area contributed by atoms with Gasteiger partial charge in [-0.1, -0.05) is 170 Å². The van der Waals surface area contributed by atoms with Gasteiger partial charge in [0.25, 0.3) is 0 Å². The van der Waals surface area contributed by atoms with Gasteiger partial charge in [0.2, 0.25) is 0 Å². The number of rotatable bonds is 6. The maximum Gasteiger partial charge on any atom is 0.160 e. The topological polar surface area (TPSA) is 25.8 Å². The Kier molecular flexibility index (Phi) is 8.04. The van der Waals surface area contributed by atoms with Crippen LogP contribution in [0.15, 0.2) is 206 Å². The molecule has 57 heavy (non-hydrogen) atoms. The molecule has 0 aliphatic carbocycles. The predicted molar refractivity (Wildman–Crippen MR) is 243 cm³/mol. The maximum absolute atomic E-state index is 5.44. The Hall–Kier alpha value is -7.20. The van der Waals surface area contributed by atoms with Gasteiger partial charge in [-0.05, 0) is 102 Å². The van der Waals surface area contributed by atoms with E-state index in [1.54, 1.807) is 11.3 Å². The normalized spacial score (nSPS) is 11.5. The predicted octanol–water partition coefficient (Wildman–Crippen LogP) is 15.2. The van der Waals surface area contributed by atoms with Gasteiger partial charge < -0.3 is 0 Å².